The minimum atomic E-state index is 0.584. The third-order valence-electron chi connectivity index (χ3n) is 12.4. The van der Waals surface area contributed by atoms with Gasteiger partial charge in [0, 0.05) is 44.3 Å². The molecule has 0 saturated carbocycles. The molecule has 0 aliphatic heterocycles. The maximum atomic E-state index is 5.58. The number of nitrogens with zero attached hydrogens (tertiary/aromatic N) is 5. The minimum absolute atomic E-state index is 0.584. The zero-order valence-corrected chi connectivity index (χ0v) is 36.4. The van der Waals surface area contributed by atoms with Crippen LogP contribution < -0.4 is 0 Å². The van der Waals surface area contributed by atoms with E-state index in [4.69, 9.17) is 20.1 Å². The molecule has 0 unspecified atom stereocenters. The molecule has 0 N–H and O–H groups in total. The van der Waals surface area contributed by atoms with Gasteiger partial charge in [-0.15, -0.1) is 0 Å². The van der Waals surface area contributed by atoms with Crippen LogP contribution in [0.5, 0.6) is 0 Å². The maximum absolute atomic E-state index is 5.58. The lowest BCUT2D eigenvalue weighted by Gasteiger charge is -2.18. The van der Waals surface area contributed by atoms with Gasteiger partial charge in [0.1, 0.15) is 5.69 Å². The lowest BCUT2D eigenvalue weighted by molar-refractivity contribution is 0.981. The summed E-state index contributed by atoms with van der Waals surface area (Å²) in [4.78, 5) is 15.8. The Morgan fingerprint density at radius 3 is 1.21 bits per heavy atom. The van der Waals surface area contributed by atoms with E-state index in [9.17, 15) is 0 Å². The van der Waals surface area contributed by atoms with Gasteiger partial charge in [-0.25, -0.2) is 19.5 Å². The smallest absolute Gasteiger partial charge is 0.164 e. The predicted molar refractivity (Wildman–Crippen MR) is 275 cm³/mol. The fraction of sp³-hybridized carbons (Fsp3) is 0. The molecular weight excluding hydrogens is 815 g/mol. The van der Waals surface area contributed by atoms with Crippen molar-refractivity contribution in [1.82, 2.24) is 24.6 Å². The van der Waals surface area contributed by atoms with Gasteiger partial charge in [0.05, 0.1) is 11.2 Å². The highest BCUT2D eigenvalue weighted by molar-refractivity contribution is 6.15. The number of rotatable bonds is 9. The van der Waals surface area contributed by atoms with Crippen molar-refractivity contribution < 1.29 is 0 Å². The van der Waals surface area contributed by atoms with Crippen molar-refractivity contribution >= 4 is 16.3 Å². The Labute approximate surface area is 389 Å². The molecule has 67 heavy (non-hydrogen) atoms. The van der Waals surface area contributed by atoms with Gasteiger partial charge in [-0.05, 0) is 63.0 Å². The van der Waals surface area contributed by atoms with Gasteiger partial charge >= 0.3 is 0 Å². The third-order valence-corrected chi connectivity index (χ3v) is 12.4. The molecule has 0 radical (unpaired) electrons. The Morgan fingerprint density at radius 2 is 0.642 bits per heavy atom. The Balaban J connectivity index is 1.11. The minimum Gasteiger partial charge on any atom is -0.231 e. The fourth-order valence-electron chi connectivity index (χ4n) is 9.32. The van der Waals surface area contributed by atoms with Crippen molar-refractivity contribution in [1.29, 1.82) is 0 Å². The molecule has 0 spiro atoms. The highest BCUT2D eigenvalue weighted by Crippen LogP contribution is 2.46. The molecule has 0 bridgehead atoms. The Bertz CT molecular complexity index is 3650. The first kappa shape index (κ1) is 39.5. The summed E-state index contributed by atoms with van der Waals surface area (Å²) in [5, 5.41) is 7.81. The van der Waals surface area contributed by atoms with E-state index in [1.54, 1.807) is 0 Å². The summed E-state index contributed by atoms with van der Waals surface area (Å²) in [6, 6.07) is 86.9. The molecule has 12 rings (SSSR count). The van der Waals surface area contributed by atoms with Crippen LogP contribution in [0.1, 0.15) is 0 Å². The van der Waals surface area contributed by atoms with E-state index < -0.39 is 0 Å². The summed E-state index contributed by atoms with van der Waals surface area (Å²) in [5.74, 6) is 1.78. The molecule has 5 nitrogen and oxygen atoms in total. The van der Waals surface area contributed by atoms with Crippen molar-refractivity contribution in [2.45, 2.75) is 0 Å². The molecular formula is C62H41N5. The lowest BCUT2D eigenvalue weighted by atomic mass is 9.90. The number of pyridine rings is 1. The van der Waals surface area contributed by atoms with Gasteiger partial charge in [-0.1, -0.05) is 224 Å². The van der Waals surface area contributed by atoms with Crippen LogP contribution in [0.2, 0.25) is 0 Å². The number of aromatic nitrogens is 5. The van der Waals surface area contributed by atoms with Crippen molar-refractivity contribution in [3.63, 3.8) is 0 Å². The van der Waals surface area contributed by atoms with Gasteiger partial charge in [-0.2, -0.15) is 5.10 Å². The molecule has 0 aliphatic rings. The van der Waals surface area contributed by atoms with E-state index in [0.717, 1.165) is 100 Å². The molecule has 314 valence electrons. The second kappa shape index (κ2) is 17.1. The van der Waals surface area contributed by atoms with E-state index in [-0.39, 0.29) is 0 Å². The second-order valence-corrected chi connectivity index (χ2v) is 16.6. The van der Waals surface area contributed by atoms with Gasteiger partial charge in [0.25, 0.3) is 0 Å². The average molecular weight is 856 g/mol. The van der Waals surface area contributed by atoms with Crippen molar-refractivity contribution in [3.8, 4) is 101 Å². The van der Waals surface area contributed by atoms with Crippen LogP contribution in [0.15, 0.2) is 249 Å². The van der Waals surface area contributed by atoms with Crippen LogP contribution in [0, 0.1) is 0 Å². The number of hydrogen-bond acceptors (Lipinski definition) is 4. The van der Waals surface area contributed by atoms with E-state index in [0.29, 0.717) is 17.5 Å². The first-order valence-electron chi connectivity index (χ1n) is 22.6. The third kappa shape index (κ3) is 7.44. The summed E-state index contributed by atoms with van der Waals surface area (Å²) in [6.07, 6.45) is 0. The quantitative estimate of drug-likeness (QED) is 0.145. The SMILES string of the molecule is c1ccc(-c2cc(-c3ccccc3)cc(-c3nc(-c4ccccc4)nc(-c4cccc(-c5c(-c6ccccc6)n6nc(-c7ccccc7)c(-c7ccccc7)c6c6ccccc56)c4)n3)c2)cc1. The molecule has 3 heterocycles. The van der Waals surface area contributed by atoms with Crippen LogP contribution in [-0.4, -0.2) is 24.6 Å². The molecule has 5 heteroatoms. The summed E-state index contributed by atoms with van der Waals surface area (Å²) in [7, 11) is 0. The standard InChI is InChI=1S/C62H41N5/c1-7-22-42(23-8-1)50-39-51(43-24-9-2-10-25-43)41-52(40-50)62-64-60(47-32-17-6-18-33-47)63-61(65-62)49-35-21-34-48(38-49)55-53-36-19-20-37-54(53)59-56(44-26-11-3-12-27-44)57(45-28-13-4-14-29-45)66-67(59)58(55)46-30-15-5-16-31-46/h1-41H. The molecule has 0 amide bonds. The van der Waals surface area contributed by atoms with E-state index >= 15 is 0 Å². The van der Waals surface area contributed by atoms with Gasteiger partial charge < -0.3 is 0 Å². The highest BCUT2D eigenvalue weighted by Gasteiger charge is 2.26. The molecule has 0 saturated heterocycles. The second-order valence-electron chi connectivity index (χ2n) is 16.6. The highest BCUT2D eigenvalue weighted by atomic mass is 15.2. The molecule has 0 atom stereocenters. The van der Waals surface area contributed by atoms with Gasteiger partial charge in [-0.3, -0.25) is 0 Å². The first-order chi connectivity index (χ1) is 33.2. The zero-order chi connectivity index (χ0) is 44.5. The summed E-state index contributed by atoms with van der Waals surface area (Å²) < 4.78 is 2.18. The molecule has 9 aromatic carbocycles. The van der Waals surface area contributed by atoms with E-state index in [2.05, 4.69) is 223 Å². The number of hydrogen-bond donors (Lipinski definition) is 0. The Hall–Kier alpha value is -9.06. The Kier molecular flexibility index (Phi) is 10.1. The maximum Gasteiger partial charge on any atom is 0.164 e. The van der Waals surface area contributed by atoms with Crippen LogP contribution in [0.25, 0.3) is 117 Å². The summed E-state index contributed by atoms with van der Waals surface area (Å²) in [5.41, 5.74) is 16.5. The van der Waals surface area contributed by atoms with Crippen LogP contribution in [0.3, 0.4) is 0 Å². The van der Waals surface area contributed by atoms with E-state index in [1.807, 2.05) is 30.3 Å². The fourth-order valence-corrected chi connectivity index (χ4v) is 9.32. The topological polar surface area (TPSA) is 56.0 Å². The monoisotopic (exact) mass is 855 g/mol. The van der Waals surface area contributed by atoms with Crippen molar-refractivity contribution in [2.24, 2.45) is 0 Å². The first-order valence-corrected chi connectivity index (χ1v) is 22.6. The number of benzene rings is 9. The Morgan fingerprint density at radius 1 is 0.254 bits per heavy atom. The largest absolute Gasteiger partial charge is 0.231 e. The summed E-state index contributed by atoms with van der Waals surface area (Å²) >= 11 is 0. The van der Waals surface area contributed by atoms with Crippen LogP contribution in [0.4, 0.5) is 0 Å². The average Bonchev–Trinajstić information content (AvgIpc) is 3.83. The number of fused-ring (bicyclic) bond motifs is 3. The lowest BCUT2D eigenvalue weighted by Crippen LogP contribution is -2.02. The van der Waals surface area contributed by atoms with Crippen molar-refractivity contribution in [2.75, 3.05) is 0 Å². The molecule has 12 aromatic rings. The molecule has 0 fully saturated rings. The molecule has 3 aromatic heterocycles. The van der Waals surface area contributed by atoms with Crippen LogP contribution >= 0.6 is 0 Å². The van der Waals surface area contributed by atoms with Crippen LogP contribution in [-0.2, 0) is 0 Å². The van der Waals surface area contributed by atoms with Gasteiger partial charge in [0.15, 0.2) is 17.5 Å². The van der Waals surface area contributed by atoms with Crippen molar-refractivity contribution in [3.05, 3.63) is 249 Å². The predicted octanol–water partition coefficient (Wildman–Crippen LogP) is 15.7. The zero-order valence-electron chi connectivity index (χ0n) is 36.4. The normalized spacial score (nSPS) is 11.3. The van der Waals surface area contributed by atoms with Gasteiger partial charge in [0.2, 0.25) is 0 Å². The molecule has 0 aliphatic carbocycles. The van der Waals surface area contributed by atoms with E-state index in [1.165, 1.54) is 0 Å². The summed E-state index contributed by atoms with van der Waals surface area (Å²) in [6.45, 7) is 0.